The van der Waals surface area contributed by atoms with Gasteiger partial charge in [0.1, 0.15) is 6.61 Å². The first kappa shape index (κ1) is 13.5. The van der Waals surface area contributed by atoms with Crippen LogP contribution in [0.4, 0.5) is 4.39 Å². The van der Waals surface area contributed by atoms with Crippen molar-refractivity contribution in [1.82, 2.24) is 0 Å². The second-order valence-corrected chi connectivity index (χ2v) is 3.57. The first-order valence-corrected chi connectivity index (χ1v) is 5.35. The van der Waals surface area contributed by atoms with Crippen LogP contribution in [0.2, 0.25) is 5.02 Å². The Hall–Kier alpha value is -1.55. The molecule has 92 valence electrons. The zero-order valence-electron chi connectivity index (χ0n) is 9.33. The van der Waals surface area contributed by atoms with E-state index in [2.05, 4.69) is 6.58 Å². The van der Waals surface area contributed by atoms with Crippen LogP contribution < -0.4 is 4.74 Å². The summed E-state index contributed by atoms with van der Waals surface area (Å²) in [6.45, 7) is 5.28. The lowest BCUT2D eigenvalue weighted by Gasteiger charge is -2.09. The number of esters is 1. The number of hydrogen-bond acceptors (Lipinski definition) is 3. The minimum absolute atomic E-state index is 0.0250. The summed E-state index contributed by atoms with van der Waals surface area (Å²) in [5, 5.41) is -0.0377. The van der Waals surface area contributed by atoms with Gasteiger partial charge in [0.25, 0.3) is 0 Å². The average molecular weight is 259 g/mol. The van der Waals surface area contributed by atoms with Gasteiger partial charge in [-0.15, -0.1) is 0 Å². The Kier molecular flexibility index (Phi) is 4.97. The second-order valence-electron chi connectivity index (χ2n) is 3.16. The van der Waals surface area contributed by atoms with E-state index in [1.807, 2.05) is 0 Å². The Morgan fingerprint density at radius 3 is 2.88 bits per heavy atom. The van der Waals surface area contributed by atoms with Gasteiger partial charge in [-0.1, -0.05) is 24.2 Å². The van der Waals surface area contributed by atoms with Crippen LogP contribution in [0.5, 0.6) is 5.75 Å². The minimum atomic E-state index is -0.661. The Labute approximate surface area is 104 Å². The van der Waals surface area contributed by atoms with Gasteiger partial charge in [0.15, 0.2) is 11.6 Å². The molecule has 1 aromatic carbocycles. The zero-order valence-corrected chi connectivity index (χ0v) is 10.1. The van der Waals surface area contributed by atoms with Gasteiger partial charge in [-0.05, 0) is 19.1 Å². The largest absolute Gasteiger partial charge is 0.486 e. The van der Waals surface area contributed by atoms with E-state index in [0.717, 1.165) is 0 Å². The molecule has 5 heteroatoms. The van der Waals surface area contributed by atoms with Crippen LogP contribution in [0.1, 0.15) is 6.92 Å². The smallest absolute Gasteiger partial charge is 0.336 e. The Morgan fingerprint density at radius 2 is 2.24 bits per heavy atom. The third-order valence-corrected chi connectivity index (χ3v) is 2.17. The van der Waals surface area contributed by atoms with E-state index in [9.17, 15) is 9.18 Å². The maximum Gasteiger partial charge on any atom is 0.336 e. The fourth-order valence-corrected chi connectivity index (χ4v) is 1.22. The average Bonchev–Trinajstić information content (AvgIpc) is 2.31. The van der Waals surface area contributed by atoms with Crippen molar-refractivity contribution in [1.29, 1.82) is 0 Å². The topological polar surface area (TPSA) is 35.5 Å². The van der Waals surface area contributed by atoms with E-state index < -0.39 is 11.8 Å². The first-order valence-electron chi connectivity index (χ1n) is 4.98. The van der Waals surface area contributed by atoms with Gasteiger partial charge >= 0.3 is 5.97 Å². The summed E-state index contributed by atoms with van der Waals surface area (Å²) in [5.74, 6) is -1.25. The van der Waals surface area contributed by atoms with Crippen LogP contribution in [0.15, 0.2) is 30.4 Å². The minimum Gasteiger partial charge on any atom is -0.486 e. The fourth-order valence-electron chi connectivity index (χ4n) is 1.05. The summed E-state index contributed by atoms with van der Waals surface area (Å²) in [4.78, 5) is 11.2. The Balaban J connectivity index is 2.59. The summed E-state index contributed by atoms with van der Waals surface area (Å²) >= 11 is 5.57. The van der Waals surface area contributed by atoms with Gasteiger partial charge in [-0.3, -0.25) is 0 Å². The number of rotatable bonds is 5. The molecule has 0 saturated carbocycles. The van der Waals surface area contributed by atoms with Crippen molar-refractivity contribution in [3.8, 4) is 5.75 Å². The number of hydrogen-bond donors (Lipinski definition) is 0. The molecule has 3 nitrogen and oxygen atoms in total. The quantitative estimate of drug-likeness (QED) is 0.602. The highest BCUT2D eigenvalue weighted by atomic mass is 35.5. The summed E-state index contributed by atoms with van der Waals surface area (Å²) < 4.78 is 23.2. The van der Waals surface area contributed by atoms with Gasteiger partial charge in [-0.25, -0.2) is 9.18 Å². The lowest BCUT2D eigenvalue weighted by molar-refractivity contribution is -0.138. The van der Waals surface area contributed by atoms with Crippen molar-refractivity contribution in [3.63, 3.8) is 0 Å². The normalized spacial score (nSPS) is 9.82. The first-order chi connectivity index (χ1) is 8.06. The van der Waals surface area contributed by atoms with E-state index in [1.54, 1.807) is 13.0 Å². The number of halogens is 2. The molecule has 0 spiro atoms. The highest BCUT2D eigenvalue weighted by molar-refractivity contribution is 6.30. The van der Waals surface area contributed by atoms with Gasteiger partial charge in [-0.2, -0.15) is 0 Å². The Morgan fingerprint density at radius 1 is 1.53 bits per heavy atom. The number of benzene rings is 1. The van der Waals surface area contributed by atoms with Crippen LogP contribution in [0.3, 0.4) is 0 Å². The van der Waals surface area contributed by atoms with Gasteiger partial charge in [0.05, 0.1) is 17.2 Å². The molecule has 0 atom stereocenters. The molecule has 0 unspecified atom stereocenters. The van der Waals surface area contributed by atoms with E-state index in [4.69, 9.17) is 21.1 Å². The second kappa shape index (κ2) is 6.25. The van der Waals surface area contributed by atoms with Gasteiger partial charge in [0, 0.05) is 0 Å². The summed E-state index contributed by atoms with van der Waals surface area (Å²) in [6.07, 6.45) is 0. The summed E-state index contributed by atoms with van der Waals surface area (Å²) in [5.41, 5.74) is 0.117. The van der Waals surface area contributed by atoms with Crippen molar-refractivity contribution >= 4 is 17.6 Å². The van der Waals surface area contributed by atoms with E-state index in [-0.39, 0.29) is 29.6 Å². The van der Waals surface area contributed by atoms with Gasteiger partial charge in [0.2, 0.25) is 0 Å². The molecule has 0 radical (unpaired) electrons. The summed E-state index contributed by atoms with van der Waals surface area (Å²) in [6, 6.07) is 4.37. The van der Waals surface area contributed by atoms with E-state index in [0.29, 0.717) is 0 Å². The molecule has 0 amide bonds. The van der Waals surface area contributed by atoms with Crippen molar-refractivity contribution in [2.75, 3.05) is 13.2 Å². The molecule has 1 aromatic rings. The molecule has 0 aromatic heterocycles. The molecule has 0 heterocycles. The maximum atomic E-state index is 13.4. The lowest BCUT2D eigenvalue weighted by Crippen LogP contribution is -2.13. The molecular weight excluding hydrogens is 247 g/mol. The molecule has 0 N–H and O–H groups in total. The van der Waals surface area contributed by atoms with Crippen molar-refractivity contribution < 1.29 is 18.7 Å². The number of carbonyl (C=O) groups excluding carboxylic acids is 1. The Bertz CT molecular complexity index is 432. The predicted molar refractivity (Wildman–Crippen MR) is 62.7 cm³/mol. The van der Waals surface area contributed by atoms with E-state index in [1.165, 1.54) is 12.1 Å². The van der Waals surface area contributed by atoms with Crippen molar-refractivity contribution in [2.24, 2.45) is 0 Å². The molecule has 0 aliphatic carbocycles. The fraction of sp³-hybridized carbons (Fsp3) is 0.250. The highest BCUT2D eigenvalue weighted by Gasteiger charge is 2.11. The van der Waals surface area contributed by atoms with Crippen molar-refractivity contribution in [3.05, 3.63) is 41.2 Å². The molecule has 0 bridgehead atoms. The zero-order chi connectivity index (χ0) is 12.8. The number of carbonyl (C=O) groups is 1. The van der Waals surface area contributed by atoms with Crippen LogP contribution in [0, 0.1) is 5.82 Å². The maximum absolute atomic E-state index is 13.4. The molecule has 0 aliphatic heterocycles. The predicted octanol–water partition coefficient (Wildman–Crippen LogP) is 2.98. The SMILES string of the molecule is C=C(COc1cccc(Cl)c1F)C(=O)OCC. The molecule has 17 heavy (non-hydrogen) atoms. The molecule has 0 aliphatic rings. The van der Waals surface area contributed by atoms with E-state index >= 15 is 0 Å². The third-order valence-electron chi connectivity index (χ3n) is 1.88. The molecule has 0 saturated heterocycles. The van der Waals surface area contributed by atoms with Crippen LogP contribution >= 0.6 is 11.6 Å². The standard InChI is InChI=1S/C12H12ClFO3/c1-3-16-12(15)8(2)7-17-10-6-4-5-9(13)11(10)14/h4-6H,2-3,7H2,1H3. The van der Waals surface area contributed by atoms with Crippen molar-refractivity contribution in [2.45, 2.75) is 6.92 Å². The highest BCUT2D eigenvalue weighted by Crippen LogP contribution is 2.24. The molecular formula is C12H12ClFO3. The summed E-state index contributed by atoms with van der Waals surface area (Å²) in [7, 11) is 0. The third kappa shape index (κ3) is 3.75. The van der Waals surface area contributed by atoms with Crippen LogP contribution in [-0.2, 0) is 9.53 Å². The lowest BCUT2D eigenvalue weighted by atomic mass is 10.3. The van der Waals surface area contributed by atoms with Crippen LogP contribution in [-0.4, -0.2) is 19.2 Å². The molecule has 1 rings (SSSR count). The van der Waals surface area contributed by atoms with Gasteiger partial charge < -0.3 is 9.47 Å². The van der Waals surface area contributed by atoms with Crippen LogP contribution in [0.25, 0.3) is 0 Å². The monoisotopic (exact) mass is 258 g/mol. The molecule has 0 fully saturated rings. The number of ether oxygens (including phenoxy) is 2.